The Labute approximate surface area is 137 Å². The van der Waals surface area contributed by atoms with Gasteiger partial charge in [-0.2, -0.15) is 0 Å². The smallest absolute Gasteiger partial charge is 0.129 e. The van der Waals surface area contributed by atoms with Crippen LogP contribution >= 0.6 is 0 Å². The van der Waals surface area contributed by atoms with Crippen LogP contribution in [0, 0.1) is 22.7 Å². The zero-order valence-electron chi connectivity index (χ0n) is 13.8. The summed E-state index contributed by atoms with van der Waals surface area (Å²) in [4.78, 5) is 0. The third kappa shape index (κ3) is 1.63. The predicted molar refractivity (Wildman–Crippen MR) is 87.7 cm³/mol. The number of hydrogen-bond donors (Lipinski definition) is 2. The number of hydrogen-bond acceptors (Lipinski definition) is 3. The van der Waals surface area contributed by atoms with Crippen LogP contribution in [0.1, 0.15) is 62.7 Å². The van der Waals surface area contributed by atoms with Crippen molar-refractivity contribution in [1.29, 1.82) is 0 Å². The van der Waals surface area contributed by atoms with Crippen molar-refractivity contribution in [3.63, 3.8) is 0 Å². The summed E-state index contributed by atoms with van der Waals surface area (Å²) in [5, 5.41) is 20.7. The minimum Gasteiger partial charge on any atom is -0.465 e. The van der Waals surface area contributed by atoms with Crippen LogP contribution in [0.5, 0.6) is 0 Å². The Morgan fingerprint density at radius 3 is 3.00 bits per heavy atom. The molecule has 0 radical (unpaired) electrons. The lowest BCUT2D eigenvalue weighted by Crippen LogP contribution is -2.49. The van der Waals surface area contributed by atoms with Crippen molar-refractivity contribution >= 4 is 6.08 Å². The third-order valence-electron chi connectivity index (χ3n) is 8.02. The summed E-state index contributed by atoms with van der Waals surface area (Å²) in [5.74, 6) is 2.47. The van der Waals surface area contributed by atoms with Gasteiger partial charge in [-0.1, -0.05) is 13.0 Å². The molecule has 0 unspecified atom stereocenters. The Morgan fingerprint density at radius 2 is 2.17 bits per heavy atom. The molecule has 23 heavy (non-hydrogen) atoms. The molecule has 1 heterocycles. The molecule has 1 aromatic rings. The molecule has 0 aliphatic heterocycles. The predicted octanol–water partition coefficient (Wildman–Crippen LogP) is 3.72. The topological polar surface area (TPSA) is 53.6 Å². The van der Waals surface area contributed by atoms with E-state index in [0.717, 1.165) is 31.4 Å². The first-order valence-electron chi connectivity index (χ1n) is 9.11. The highest BCUT2D eigenvalue weighted by atomic mass is 16.3. The molecule has 6 atom stereocenters. The highest BCUT2D eigenvalue weighted by Crippen LogP contribution is 2.71. The van der Waals surface area contributed by atoms with Crippen LogP contribution in [0.15, 0.2) is 22.8 Å². The maximum atomic E-state index is 10.9. The van der Waals surface area contributed by atoms with E-state index in [2.05, 4.69) is 25.1 Å². The second kappa shape index (κ2) is 4.31. The van der Waals surface area contributed by atoms with Crippen molar-refractivity contribution in [1.82, 2.24) is 0 Å². The molecule has 1 aromatic heterocycles. The van der Waals surface area contributed by atoms with Gasteiger partial charge in [-0.05, 0) is 79.3 Å². The second-order valence-corrected chi connectivity index (χ2v) is 8.86. The molecule has 3 saturated carbocycles. The second-order valence-electron chi connectivity index (χ2n) is 8.86. The van der Waals surface area contributed by atoms with Crippen molar-refractivity contribution in [2.45, 2.75) is 57.0 Å². The number of allylic oxidation sites excluding steroid dienone is 1. The summed E-state index contributed by atoms with van der Waals surface area (Å²) in [6.45, 7) is 2.35. The Bertz CT molecular complexity index is 676. The first-order valence-corrected chi connectivity index (χ1v) is 9.11. The molecule has 3 nitrogen and oxygen atoms in total. The van der Waals surface area contributed by atoms with Crippen molar-refractivity contribution in [2.24, 2.45) is 22.7 Å². The number of furan rings is 1. The summed E-state index contributed by atoms with van der Waals surface area (Å²) in [6, 6.07) is 2.16. The zero-order valence-corrected chi connectivity index (χ0v) is 13.8. The lowest BCUT2D eigenvalue weighted by Gasteiger charge is -2.58. The zero-order chi connectivity index (χ0) is 15.9. The number of fused-ring (bicyclic) bond motifs is 5. The van der Waals surface area contributed by atoms with Crippen molar-refractivity contribution in [2.75, 3.05) is 6.61 Å². The third-order valence-corrected chi connectivity index (χ3v) is 8.02. The molecule has 4 aliphatic carbocycles. The number of rotatable bonds is 1. The van der Waals surface area contributed by atoms with Crippen LogP contribution < -0.4 is 0 Å². The number of aliphatic hydroxyl groups excluding tert-OH is 1. The van der Waals surface area contributed by atoms with Crippen molar-refractivity contribution in [3.05, 3.63) is 29.7 Å². The van der Waals surface area contributed by atoms with Crippen LogP contribution in [-0.4, -0.2) is 22.4 Å². The van der Waals surface area contributed by atoms with Crippen LogP contribution in [0.3, 0.4) is 0 Å². The molecule has 2 bridgehead atoms. The van der Waals surface area contributed by atoms with Gasteiger partial charge in [0, 0.05) is 5.56 Å². The van der Waals surface area contributed by atoms with Gasteiger partial charge in [0.15, 0.2) is 0 Å². The maximum absolute atomic E-state index is 10.9. The molecule has 0 aromatic carbocycles. The monoisotopic (exact) mass is 314 g/mol. The number of aliphatic hydroxyl groups is 2. The molecule has 124 valence electrons. The first-order chi connectivity index (χ1) is 11.0. The average Bonchev–Trinajstić information content (AvgIpc) is 3.09. The highest BCUT2D eigenvalue weighted by Gasteiger charge is 2.65. The van der Waals surface area contributed by atoms with Crippen LogP contribution in [0.4, 0.5) is 0 Å². The molecule has 3 heteroatoms. The van der Waals surface area contributed by atoms with Gasteiger partial charge < -0.3 is 14.6 Å². The lowest BCUT2D eigenvalue weighted by atomic mass is 9.46. The molecule has 0 saturated heterocycles. The van der Waals surface area contributed by atoms with E-state index in [1.807, 2.05) is 6.26 Å². The van der Waals surface area contributed by atoms with Gasteiger partial charge in [-0.25, -0.2) is 0 Å². The van der Waals surface area contributed by atoms with Gasteiger partial charge in [0.05, 0.1) is 18.5 Å². The van der Waals surface area contributed by atoms with E-state index in [9.17, 15) is 10.2 Å². The molecular formula is C20H26O3. The largest absolute Gasteiger partial charge is 0.465 e. The van der Waals surface area contributed by atoms with Gasteiger partial charge in [0.1, 0.15) is 5.76 Å². The van der Waals surface area contributed by atoms with Crippen LogP contribution in [0.2, 0.25) is 0 Å². The van der Waals surface area contributed by atoms with Gasteiger partial charge in [0.25, 0.3) is 0 Å². The Kier molecular flexibility index (Phi) is 2.68. The molecule has 4 aliphatic rings. The summed E-state index contributed by atoms with van der Waals surface area (Å²) in [6.07, 6.45) is 12.9. The quantitative estimate of drug-likeness (QED) is 0.830. The van der Waals surface area contributed by atoms with E-state index < -0.39 is 5.60 Å². The maximum Gasteiger partial charge on any atom is 0.129 e. The van der Waals surface area contributed by atoms with Crippen molar-refractivity contribution in [3.8, 4) is 0 Å². The minimum atomic E-state index is -0.836. The van der Waals surface area contributed by atoms with Crippen molar-refractivity contribution < 1.29 is 14.6 Å². The van der Waals surface area contributed by atoms with E-state index >= 15 is 0 Å². The molecular weight excluding hydrogens is 288 g/mol. The Hall–Kier alpha value is -1.06. The van der Waals surface area contributed by atoms with Crippen LogP contribution in [-0.2, 0) is 0 Å². The van der Waals surface area contributed by atoms with Gasteiger partial charge in [-0.3, -0.25) is 0 Å². The molecule has 2 N–H and O–H groups in total. The first kappa shape index (κ1) is 14.3. The standard InChI is InChI=1S/C20H26O3/c1-18-7-5-16-14(6-9-23-16)15(18)4-8-19-10-13(2-3-17(18)19)20(22,11-19)12-21/h5-7,9,13,15,17,21-22H,2-4,8,10-12H2,1H3/t13-,15-,17+,18-,19+,20+/m0/s1. The van der Waals surface area contributed by atoms with E-state index in [0.29, 0.717) is 17.8 Å². The summed E-state index contributed by atoms with van der Waals surface area (Å²) >= 11 is 0. The molecule has 3 fully saturated rings. The van der Waals surface area contributed by atoms with Gasteiger partial charge >= 0.3 is 0 Å². The molecule has 5 rings (SSSR count). The molecule has 1 spiro atoms. The lowest BCUT2D eigenvalue weighted by molar-refractivity contribution is -0.0517. The van der Waals surface area contributed by atoms with Crippen LogP contribution in [0.25, 0.3) is 6.08 Å². The van der Waals surface area contributed by atoms with E-state index in [4.69, 9.17) is 4.42 Å². The highest BCUT2D eigenvalue weighted by molar-refractivity contribution is 5.55. The SMILES string of the molecule is C[C@]12C=Cc3occc3[C@@H]1CC[C@]13C[C@H](CC[C@@H]12)[C@](O)(CO)C3. The summed E-state index contributed by atoms with van der Waals surface area (Å²) < 4.78 is 5.64. The van der Waals surface area contributed by atoms with E-state index in [1.165, 1.54) is 18.4 Å². The van der Waals surface area contributed by atoms with Gasteiger partial charge in [-0.15, -0.1) is 0 Å². The summed E-state index contributed by atoms with van der Waals surface area (Å²) in [7, 11) is 0. The summed E-state index contributed by atoms with van der Waals surface area (Å²) in [5.41, 5.74) is 0.914. The normalized spacial score (nSPS) is 50.3. The Morgan fingerprint density at radius 1 is 1.30 bits per heavy atom. The van der Waals surface area contributed by atoms with Gasteiger partial charge in [0.2, 0.25) is 0 Å². The Balaban J connectivity index is 1.58. The fourth-order valence-corrected chi connectivity index (χ4v) is 7.06. The van der Waals surface area contributed by atoms with E-state index in [1.54, 1.807) is 0 Å². The fraction of sp³-hybridized carbons (Fsp3) is 0.700. The fourth-order valence-electron chi connectivity index (χ4n) is 7.06. The van der Waals surface area contributed by atoms with E-state index in [-0.39, 0.29) is 17.4 Å². The minimum absolute atomic E-state index is 0.0754. The molecule has 0 amide bonds. The average molecular weight is 314 g/mol.